The molecule has 2 aliphatic rings. The van der Waals surface area contributed by atoms with Gasteiger partial charge in [0.05, 0.1) is 12.7 Å². The smallest absolute Gasteiger partial charge is 0.231 e. The number of hydrogen-bond donors (Lipinski definition) is 0. The summed E-state index contributed by atoms with van der Waals surface area (Å²) in [6.45, 7) is 3.37. The standard InChI is InChI=1S/C20H18NO3/c1-12-5-15-10-21-4-3-13-7-19-20(24-11-23-19)9-16(13)17(21)6-14(15)8-18(12)22-2/h5-10H,3-4,11H2,1-2H3/q+1. The molecule has 0 bridgehead atoms. The van der Waals surface area contributed by atoms with E-state index >= 15 is 0 Å². The number of methoxy groups -OCH3 is 1. The van der Waals surface area contributed by atoms with Crippen LogP contribution in [0.4, 0.5) is 0 Å². The lowest BCUT2D eigenvalue weighted by Crippen LogP contribution is -2.39. The van der Waals surface area contributed by atoms with Crippen molar-refractivity contribution < 1.29 is 18.8 Å². The van der Waals surface area contributed by atoms with Crippen molar-refractivity contribution in [2.75, 3.05) is 13.9 Å². The number of rotatable bonds is 1. The molecule has 0 spiro atoms. The number of aromatic nitrogens is 1. The average molecular weight is 320 g/mol. The van der Waals surface area contributed by atoms with Crippen LogP contribution in [0.3, 0.4) is 0 Å². The van der Waals surface area contributed by atoms with E-state index in [-0.39, 0.29) is 0 Å². The molecule has 0 atom stereocenters. The second-order valence-corrected chi connectivity index (χ2v) is 6.42. The molecule has 0 radical (unpaired) electrons. The molecule has 0 aliphatic carbocycles. The van der Waals surface area contributed by atoms with Crippen molar-refractivity contribution in [3.05, 3.63) is 47.7 Å². The quantitative estimate of drug-likeness (QED) is 0.644. The van der Waals surface area contributed by atoms with E-state index in [4.69, 9.17) is 14.2 Å². The Bertz CT molecular complexity index is 994. The summed E-state index contributed by atoms with van der Waals surface area (Å²) in [4.78, 5) is 0. The van der Waals surface area contributed by atoms with Crippen LogP contribution >= 0.6 is 0 Å². The van der Waals surface area contributed by atoms with Crippen molar-refractivity contribution in [3.63, 3.8) is 0 Å². The number of hydrogen-bond acceptors (Lipinski definition) is 3. The Hall–Kier alpha value is -2.75. The summed E-state index contributed by atoms with van der Waals surface area (Å²) < 4.78 is 18.9. The first-order valence-corrected chi connectivity index (χ1v) is 8.17. The van der Waals surface area contributed by atoms with E-state index in [9.17, 15) is 0 Å². The molecule has 0 N–H and O–H groups in total. The van der Waals surface area contributed by atoms with Gasteiger partial charge in [0.25, 0.3) is 0 Å². The third-order valence-electron chi connectivity index (χ3n) is 4.99. The molecule has 3 aromatic rings. The van der Waals surface area contributed by atoms with Crippen LogP contribution in [0.1, 0.15) is 11.1 Å². The molecular formula is C20H18NO3+. The molecule has 4 heteroatoms. The first-order chi connectivity index (χ1) is 11.7. The van der Waals surface area contributed by atoms with E-state index < -0.39 is 0 Å². The normalized spacial score (nSPS) is 14.4. The molecule has 24 heavy (non-hydrogen) atoms. The summed E-state index contributed by atoms with van der Waals surface area (Å²) in [5, 5.41) is 2.43. The largest absolute Gasteiger partial charge is 0.496 e. The molecule has 0 fully saturated rings. The Morgan fingerprint density at radius 2 is 1.83 bits per heavy atom. The van der Waals surface area contributed by atoms with E-state index in [2.05, 4.69) is 48.0 Å². The van der Waals surface area contributed by atoms with Crippen LogP contribution in [-0.4, -0.2) is 13.9 Å². The molecule has 0 saturated heterocycles. The molecule has 0 saturated carbocycles. The lowest BCUT2D eigenvalue weighted by Gasteiger charge is -2.16. The minimum Gasteiger partial charge on any atom is -0.496 e. The third kappa shape index (κ3) is 1.89. The van der Waals surface area contributed by atoms with Crippen molar-refractivity contribution in [1.82, 2.24) is 0 Å². The summed E-state index contributed by atoms with van der Waals surface area (Å²) in [5.41, 5.74) is 4.92. The molecule has 1 aromatic heterocycles. The predicted molar refractivity (Wildman–Crippen MR) is 90.7 cm³/mol. The highest BCUT2D eigenvalue weighted by molar-refractivity contribution is 5.87. The fourth-order valence-electron chi connectivity index (χ4n) is 3.74. The topological polar surface area (TPSA) is 31.6 Å². The molecule has 2 aromatic carbocycles. The SMILES string of the molecule is COc1cc2cc3[n+](cc2cc1C)CCc1cc2c(cc1-3)OCO2. The fourth-order valence-corrected chi connectivity index (χ4v) is 3.74. The number of aryl methyl sites for hydroxylation is 3. The van der Waals surface area contributed by atoms with Gasteiger partial charge in [-0.05, 0) is 47.7 Å². The van der Waals surface area contributed by atoms with Gasteiger partial charge in [-0.1, -0.05) is 0 Å². The zero-order valence-electron chi connectivity index (χ0n) is 13.8. The number of pyridine rings is 1. The molecular weight excluding hydrogens is 302 g/mol. The van der Waals surface area contributed by atoms with Crippen molar-refractivity contribution in [3.8, 4) is 28.5 Å². The first-order valence-electron chi connectivity index (χ1n) is 8.17. The van der Waals surface area contributed by atoms with Crippen LogP contribution in [0.2, 0.25) is 0 Å². The predicted octanol–water partition coefficient (Wildman–Crippen LogP) is 3.40. The van der Waals surface area contributed by atoms with Gasteiger partial charge in [-0.15, -0.1) is 0 Å². The third-order valence-corrected chi connectivity index (χ3v) is 4.99. The van der Waals surface area contributed by atoms with Crippen LogP contribution < -0.4 is 18.8 Å². The van der Waals surface area contributed by atoms with Crippen LogP contribution in [0.15, 0.2) is 36.5 Å². The number of fused-ring (bicyclic) bond motifs is 5. The van der Waals surface area contributed by atoms with E-state index in [0.29, 0.717) is 6.79 Å². The van der Waals surface area contributed by atoms with Crippen LogP contribution in [0.25, 0.3) is 22.0 Å². The van der Waals surface area contributed by atoms with Gasteiger partial charge in [-0.2, -0.15) is 4.57 Å². The Balaban J connectivity index is 1.75. The van der Waals surface area contributed by atoms with Crippen LogP contribution in [0, 0.1) is 6.92 Å². The van der Waals surface area contributed by atoms with Crippen molar-refractivity contribution in [2.24, 2.45) is 0 Å². The summed E-state index contributed by atoms with van der Waals surface area (Å²) >= 11 is 0. The second kappa shape index (κ2) is 4.87. The molecule has 5 rings (SSSR count). The highest BCUT2D eigenvalue weighted by Gasteiger charge is 2.27. The van der Waals surface area contributed by atoms with Gasteiger partial charge < -0.3 is 14.2 Å². The highest BCUT2D eigenvalue weighted by atomic mass is 16.7. The van der Waals surface area contributed by atoms with Crippen LogP contribution in [0.5, 0.6) is 17.2 Å². The molecule has 0 unspecified atom stereocenters. The summed E-state index contributed by atoms with van der Waals surface area (Å²) in [7, 11) is 1.72. The van der Waals surface area contributed by atoms with Gasteiger partial charge in [0, 0.05) is 17.9 Å². The van der Waals surface area contributed by atoms with Gasteiger partial charge in [-0.3, -0.25) is 0 Å². The zero-order chi connectivity index (χ0) is 16.3. The Kier molecular flexibility index (Phi) is 2.77. The van der Waals surface area contributed by atoms with Crippen molar-refractivity contribution >= 4 is 10.8 Å². The zero-order valence-corrected chi connectivity index (χ0v) is 13.8. The van der Waals surface area contributed by atoms with Crippen molar-refractivity contribution in [1.29, 1.82) is 0 Å². The average Bonchev–Trinajstić information content (AvgIpc) is 3.05. The first kappa shape index (κ1) is 13.7. The molecule has 120 valence electrons. The Labute approximate surface area is 140 Å². The van der Waals surface area contributed by atoms with Gasteiger partial charge in [0.1, 0.15) is 5.75 Å². The monoisotopic (exact) mass is 320 g/mol. The fraction of sp³-hybridized carbons (Fsp3) is 0.250. The molecule has 4 nitrogen and oxygen atoms in total. The highest BCUT2D eigenvalue weighted by Crippen LogP contribution is 2.40. The second-order valence-electron chi connectivity index (χ2n) is 6.42. The molecule has 3 heterocycles. The number of nitrogens with zero attached hydrogens (tertiary/aromatic N) is 1. The maximum absolute atomic E-state index is 5.57. The minimum atomic E-state index is 0.312. The maximum atomic E-state index is 5.57. The van der Waals surface area contributed by atoms with Crippen molar-refractivity contribution in [2.45, 2.75) is 19.9 Å². The van der Waals surface area contributed by atoms with E-state index in [1.54, 1.807) is 7.11 Å². The lowest BCUT2D eigenvalue weighted by atomic mass is 9.95. The van der Waals surface area contributed by atoms with E-state index in [1.165, 1.54) is 27.6 Å². The summed E-state index contributed by atoms with van der Waals surface area (Å²) in [6, 6.07) is 10.8. The number of benzene rings is 2. The van der Waals surface area contributed by atoms with E-state index in [0.717, 1.165) is 35.8 Å². The molecule has 0 amide bonds. The Morgan fingerprint density at radius 3 is 2.67 bits per heavy atom. The number of ether oxygens (including phenoxy) is 3. The molecule has 2 aliphatic heterocycles. The maximum Gasteiger partial charge on any atom is 0.231 e. The van der Waals surface area contributed by atoms with Gasteiger partial charge in [0.15, 0.2) is 24.2 Å². The minimum absolute atomic E-state index is 0.312. The van der Waals surface area contributed by atoms with Gasteiger partial charge >= 0.3 is 0 Å². The Morgan fingerprint density at radius 1 is 1.00 bits per heavy atom. The van der Waals surface area contributed by atoms with Gasteiger partial charge in [0.2, 0.25) is 12.5 Å². The summed E-state index contributed by atoms with van der Waals surface area (Å²) in [5.74, 6) is 2.62. The van der Waals surface area contributed by atoms with Crippen LogP contribution in [-0.2, 0) is 13.0 Å². The lowest BCUT2D eigenvalue weighted by molar-refractivity contribution is -0.686. The van der Waals surface area contributed by atoms with Gasteiger partial charge in [-0.25, -0.2) is 0 Å². The summed E-state index contributed by atoms with van der Waals surface area (Å²) in [6.07, 6.45) is 3.24. The van der Waals surface area contributed by atoms with E-state index in [1.807, 2.05) is 0 Å².